The molecule has 0 fully saturated rings. The Morgan fingerprint density at radius 2 is 1.91 bits per heavy atom. The summed E-state index contributed by atoms with van der Waals surface area (Å²) in [5.74, 6) is -0.0496. The summed E-state index contributed by atoms with van der Waals surface area (Å²) in [6.45, 7) is 5.88. The number of aryl methyl sites for hydroxylation is 2. The summed E-state index contributed by atoms with van der Waals surface area (Å²) < 4.78 is 11.0. The predicted octanol–water partition coefficient (Wildman–Crippen LogP) is 5.46. The second-order valence-electron chi connectivity index (χ2n) is 7.98. The number of benzene rings is 3. The van der Waals surface area contributed by atoms with Gasteiger partial charge >= 0.3 is 5.69 Å². The Kier molecular flexibility index (Phi) is 6.48. The van der Waals surface area contributed by atoms with Gasteiger partial charge in [-0.05, 0) is 80.0 Å². The molecule has 10 heteroatoms. The summed E-state index contributed by atoms with van der Waals surface area (Å²) in [5.41, 5.74) is 5.65. The molecule has 4 rings (SSSR count). The Labute approximate surface area is 206 Å². The van der Waals surface area contributed by atoms with Gasteiger partial charge in [-0.25, -0.2) is 4.98 Å². The summed E-state index contributed by atoms with van der Waals surface area (Å²) >= 11 is 5.31. The number of thiocarbonyl (C=S) groups is 1. The number of nitro benzene ring substituents is 1. The van der Waals surface area contributed by atoms with Crippen molar-refractivity contribution in [2.75, 3.05) is 12.4 Å². The molecule has 4 aromatic rings. The van der Waals surface area contributed by atoms with E-state index in [0.717, 1.165) is 39.4 Å². The van der Waals surface area contributed by atoms with Crippen LogP contribution in [-0.2, 0) is 0 Å². The first-order valence-electron chi connectivity index (χ1n) is 10.6. The Morgan fingerprint density at radius 1 is 1.14 bits per heavy atom. The minimum absolute atomic E-state index is 0.0396. The van der Waals surface area contributed by atoms with Crippen LogP contribution in [-0.4, -0.2) is 28.0 Å². The number of aromatic nitrogens is 1. The number of carbonyl (C=O) groups is 1. The molecular weight excluding hydrogens is 468 g/mol. The maximum Gasteiger partial charge on any atom is 0.311 e. The summed E-state index contributed by atoms with van der Waals surface area (Å²) in [7, 11) is 1.32. The first-order valence-corrected chi connectivity index (χ1v) is 11.0. The van der Waals surface area contributed by atoms with Crippen LogP contribution in [0.4, 0.5) is 11.4 Å². The molecule has 0 unspecified atom stereocenters. The van der Waals surface area contributed by atoms with Gasteiger partial charge in [0.15, 0.2) is 16.4 Å². The van der Waals surface area contributed by atoms with E-state index >= 15 is 0 Å². The third-order valence-electron chi connectivity index (χ3n) is 5.50. The van der Waals surface area contributed by atoms with Gasteiger partial charge < -0.3 is 14.5 Å². The number of carbonyl (C=O) groups excluding carboxylic acids is 1. The third kappa shape index (κ3) is 4.82. The third-order valence-corrected chi connectivity index (χ3v) is 5.70. The van der Waals surface area contributed by atoms with Gasteiger partial charge in [-0.1, -0.05) is 12.1 Å². The van der Waals surface area contributed by atoms with E-state index in [0.29, 0.717) is 11.6 Å². The molecule has 178 valence electrons. The number of nitro groups is 1. The Balaban J connectivity index is 1.55. The quantitative estimate of drug-likeness (QED) is 0.215. The molecule has 0 aliphatic carbocycles. The average Bonchev–Trinajstić information content (AvgIpc) is 3.24. The molecular formula is C25H22N4O5S. The van der Waals surface area contributed by atoms with Gasteiger partial charge in [-0.2, -0.15) is 0 Å². The SMILES string of the molecule is COc1ccc(C(=O)NC(=S)Nc2cccc(-c3nc4cc(C)cc(C)c4o3)c2C)cc1[N+](=O)[O-]. The first-order chi connectivity index (χ1) is 16.7. The van der Waals surface area contributed by atoms with Crippen molar-refractivity contribution < 1.29 is 18.9 Å². The van der Waals surface area contributed by atoms with E-state index in [-0.39, 0.29) is 22.1 Å². The van der Waals surface area contributed by atoms with Crippen LogP contribution in [0.5, 0.6) is 5.75 Å². The van der Waals surface area contributed by atoms with E-state index in [1.54, 1.807) is 0 Å². The number of hydrogen-bond donors (Lipinski definition) is 2. The summed E-state index contributed by atoms with van der Waals surface area (Å²) in [6, 6.07) is 13.5. The number of methoxy groups -OCH3 is 1. The first kappa shape index (κ1) is 23.8. The normalized spacial score (nSPS) is 10.7. The lowest BCUT2D eigenvalue weighted by molar-refractivity contribution is -0.385. The molecule has 0 spiro atoms. The number of hydrogen-bond acceptors (Lipinski definition) is 7. The lowest BCUT2D eigenvalue weighted by Crippen LogP contribution is -2.34. The Morgan fingerprint density at radius 3 is 2.63 bits per heavy atom. The number of amides is 1. The zero-order valence-electron chi connectivity index (χ0n) is 19.5. The fraction of sp³-hybridized carbons (Fsp3) is 0.160. The zero-order valence-corrected chi connectivity index (χ0v) is 20.3. The van der Waals surface area contributed by atoms with E-state index in [9.17, 15) is 14.9 Å². The van der Waals surface area contributed by atoms with Crippen LogP contribution in [0.2, 0.25) is 0 Å². The van der Waals surface area contributed by atoms with Gasteiger partial charge in [0.1, 0.15) is 5.52 Å². The highest BCUT2D eigenvalue weighted by Gasteiger charge is 2.19. The topological polar surface area (TPSA) is 120 Å². The van der Waals surface area contributed by atoms with E-state index in [1.165, 1.54) is 19.2 Å². The lowest BCUT2D eigenvalue weighted by atomic mass is 10.1. The second kappa shape index (κ2) is 9.51. The lowest BCUT2D eigenvalue weighted by Gasteiger charge is -2.13. The largest absolute Gasteiger partial charge is 0.490 e. The highest BCUT2D eigenvalue weighted by atomic mass is 32.1. The van der Waals surface area contributed by atoms with Gasteiger partial charge in [0.2, 0.25) is 5.89 Å². The molecule has 0 saturated carbocycles. The van der Waals surface area contributed by atoms with Crippen LogP contribution >= 0.6 is 12.2 Å². The summed E-state index contributed by atoms with van der Waals surface area (Å²) in [4.78, 5) is 27.9. The van der Waals surface area contributed by atoms with E-state index in [4.69, 9.17) is 21.4 Å². The number of nitrogens with zero attached hydrogens (tertiary/aromatic N) is 2. The molecule has 3 aromatic carbocycles. The molecule has 35 heavy (non-hydrogen) atoms. The van der Waals surface area contributed by atoms with Crippen LogP contribution in [0.15, 0.2) is 52.9 Å². The van der Waals surface area contributed by atoms with Crippen molar-refractivity contribution in [3.8, 4) is 17.2 Å². The van der Waals surface area contributed by atoms with Crippen molar-refractivity contribution in [2.24, 2.45) is 0 Å². The number of rotatable bonds is 5. The maximum atomic E-state index is 12.6. The zero-order chi connectivity index (χ0) is 25.3. The van der Waals surface area contributed by atoms with Crippen molar-refractivity contribution in [3.05, 3.63) is 80.9 Å². The molecule has 0 bridgehead atoms. The van der Waals surface area contributed by atoms with Gasteiger partial charge in [0.05, 0.1) is 12.0 Å². The van der Waals surface area contributed by atoms with Crippen LogP contribution in [0, 0.1) is 30.9 Å². The highest BCUT2D eigenvalue weighted by molar-refractivity contribution is 7.80. The van der Waals surface area contributed by atoms with Crippen molar-refractivity contribution >= 4 is 45.7 Å². The van der Waals surface area contributed by atoms with Crippen molar-refractivity contribution in [3.63, 3.8) is 0 Å². The number of ether oxygens (including phenoxy) is 1. The van der Waals surface area contributed by atoms with Crippen LogP contribution in [0.3, 0.4) is 0 Å². The van der Waals surface area contributed by atoms with Crippen molar-refractivity contribution in [1.29, 1.82) is 0 Å². The van der Waals surface area contributed by atoms with Gasteiger partial charge in [-0.3, -0.25) is 20.2 Å². The molecule has 9 nitrogen and oxygen atoms in total. The summed E-state index contributed by atoms with van der Waals surface area (Å²) in [6.07, 6.45) is 0. The minimum atomic E-state index is -0.615. The monoisotopic (exact) mass is 490 g/mol. The Hall–Kier alpha value is -4.31. The highest BCUT2D eigenvalue weighted by Crippen LogP contribution is 2.32. The molecule has 0 atom stereocenters. The minimum Gasteiger partial charge on any atom is -0.490 e. The van der Waals surface area contributed by atoms with Crippen molar-refractivity contribution in [1.82, 2.24) is 10.3 Å². The van der Waals surface area contributed by atoms with Crippen molar-refractivity contribution in [2.45, 2.75) is 20.8 Å². The number of anilines is 1. The molecule has 0 radical (unpaired) electrons. The van der Waals surface area contributed by atoms with Gasteiger partial charge in [0, 0.05) is 22.9 Å². The van der Waals surface area contributed by atoms with E-state index in [2.05, 4.69) is 15.6 Å². The molecule has 0 saturated heterocycles. The fourth-order valence-electron chi connectivity index (χ4n) is 3.80. The van der Waals surface area contributed by atoms with Crippen LogP contribution in [0.25, 0.3) is 22.6 Å². The van der Waals surface area contributed by atoms with Crippen LogP contribution < -0.4 is 15.4 Å². The molecule has 0 aliphatic heterocycles. The number of fused-ring (bicyclic) bond motifs is 1. The van der Waals surface area contributed by atoms with Gasteiger partial charge in [-0.15, -0.1) is 0 Å². The molecule has 1 aromatic heterocycles. The average molecular weight is 491 g/mol. The Bertz CT molecular complexity index is 1490. The smallest absolute Gasteiger partial charge is 0.311 e. The number of nitrogens with one attached hydrogen (secondary N) is 2. The second-order valence-corrected chi connectivity index (χ2v) is 8.39. The maximum absolute atomic E-state index is 12.6. The molecule has 0 aliphatic rings. The summed E-state index contributed by atoms with van der Waals surface area (Å²) in [5, 5.41) is 16.8. The van der Waals surface area contributed by atoms with Gasteiger partial charge in [0.25, 0.3) is 5.91 Å². The van der Waals surface area contributed by atoms with E-state index < -0.39 is 10.8 Å². The standard InChI is InChI=1S/C25H22N4O5S/c1-13-10-14(2)22-19(11-13)26-24(34-22)17-6-5-7-18(15(17)3)27-25(35)28-23(30)16-8-9-21(33-4)20(12-16)29(31)32/h5-12H,1-4H3,(H2,27,28,30,35). The molecule has 1 heterocycles. The van der Waals surface area contributed by atoms with E-state index in [1.807, 2.05) is 51.1 Å². The van der Waals surface area contributed by atoms with Crippen LogP contribution in [0.1, 0.15) is 27.0 Å². The fourth-order valence-corrected chi connectivity index (χ4v) is 4.00. The molecule has 1 amide bonds. The molecule has 2 N–H and O–H groups in total. The number of oxazole rings is 1. The predicted molar refractivity (Wildman–Crippen MR) is 137 cm³/mol.